The molecule has 0 saturated carbocycles. The summed E-state index contributed by atoms with van der Waals surface area (Å²) in [5, 5.41) is 17.7. The number of carboxylic acid groups (broad SMARTS) is 1. The van der Waals surface area contributed by atoms with E-state index >= 15 is 0 Å². The van der Waals surface area contributed by atoms with Crippen LogP contribution in [0.4, 0.5) is 19.0 Å². The lowest BCUT2D eigenvalue weighted by Gasteiger charge is -2.13. The van der Waals surface area contributed by atoms with Crippen molar-refractivity contribution in [3.63, 3.8) is 0 Å². The first kappa shape index (κ1) is 27.1. The Morgan fingerprint density at radius 3 is 2.54 bits per heavy atom. The van der Waals surface area contributed by atoms with Gasteiger partial charge in [-0.05, 0) is 30.3 Å². The van der Waals surface area contributed by atoms with Crippen molar-refractivity contribution in [3.8, 4) is 34.4 Å². The van der Waals surface area contributed by atoms with Crippen molar-refractivity contribution < 1.29 is 37.4 Å². The highest BCUT2D eigenvalue weighted by Gasteiger charge is 2.42. The summed E-state index contributed by atoms with van der Waals surface area (Å²) < 4.78 is 37.3. The van der Waals surface area contributed by atoms with Crippen LogP contribution in [0.2, 0.25) is 0 Å². The number of nitrogen functional groups attached to an aromatic ring is 1. The molecular formula is C26H20F3N5O5. The van der Waals surface area contributed by atoms with Gasteiger partial charge in [0.05, 0.1) is 12.0 Å². The molecule has 5 rings (SSSR count). The van der Waals surface area contributed by atoms with Crippen molar-refractivity contribution in [2.45, 2.75) is 18.2 Å². The highest BCUT2D eigenvalue weighted by molar-refractivity contribution is 5.97. The molecule has 0 radical (unpaired) electrons. The predicted octanol–water partition coefficient (Wildman–Crippen LogP) is 3.11. The predicted molar refractivity (Wildman–Crippen MR) is 133 cm³/mol. The Morgan fingerprint density at radius 2 is 1.92 bits per heavy atom. The van der Waals surface area contributed by atoms with Gasteiger partial charge in [0.1, 0.15) is 23.1 Å². The molecule has 4 aromatic rings. The molecular weight excluding hydrogens is 519 g/mol. The molecule has 1 aliphatic rings. The van der Waals surface area contributed by atoms with Gasteiger partial charge < -0.3 is 25.3 Å². The van der Waals surface area contributed by atoms with E-state index in [0.717, 1.165) is 11.1 Å². The molecule has 1 aliphatic heterocycles. The Labute approximate surface area is 218 Å². The Balaban J connectivity index is 0.000000448. The Morgan fingerprint density at radius 1 is 1.18 bits per heavy atom. The number of pyridine rings is 1. The maximum atomic E-state index is 12.2. The number of carbonyl (C=O) groups is 2. The molecule has 1 saturated heterocycles. The van der Waals surface area contributed by atoms with Gasteiger partial charge in [-0.25, -0.2) is 19.7 Å². The van der Waals surface area contributed by atoms with E-state index in [9.17, 15) is 23.1 Å². The quantitative estimate of drug-likeness (QED) is 0.326. The van der Waals surface area contributed by atoms with E-state index in [4.69, 9.17) is 20.1 Å². The summed E-state index contributed by atoms with van der Waals surface area (Å²) in [5.41, 5.74) is 8.33. The summed E-state index contributed by atoms with van der Waals surface area (Å²) >= 11 is 0. The van der Waals surface area contributed by atoms with Crippen LogP contribution in [-0.2, 0) is 9.59 Å². The molecule has 4 heterocycles. The molecule has 0 spiro atoms. The number of alkyl halides is 3. The number of likely N-dealkylation sites (N-methyl/N-ethyl adjacent to an activating group) is 1. The SMILES string of the molecule is CN1CC[C@@](O)(C#Cc2cccc(-c3cc(-c4ccco4)c4ncnc(N)c4n3)c2)C1=O.O=C(O)C(F)(F)F. The molecule has 1 fully saturated rings. The molecule has 1 amide bonds. The number of nitrogens with zero attached hydrogens (tertiary/aromatic N) is 4. The van der Waals surface area contributed by atoms with Crippen molar-refractivity contribution >= 4 is 28.7 Å². The number of hydrogen-bond acceptors (Lipinski definition) is 8. The highest BCUT2D eigenvalue weighted by atomic mass is 19.4. The number of hydrogen-bond donors (Lipinski definition) is 3. The summed E-state index contributed by atoms with van der Waals surface area (Å²) in [4.78, 5) is 35.6. The van der Waals surface area contributed by atoms with Gasteiger partial charge in [-0.1, -0.05) is 24.0 Å². The molecule has 39 heavy (non-hydrogen) atoms. The van der Waals surface area contributed by atoms with Gasteiger partial charge in [0.25, 0.3) is 5.91 Å². The maximum Gasteiger partial charge on any atom is 0.490 e. The van der Waals surface area contributed by atoms with Crippen molar-refractivity contribution in [1.82, 2.24) is 19.9 Å². The van der Waals surface area contributed by atoms with Gasteiger partial charge in [0, 0.05) is 36.7 Å². The van der Waals surface area contributed by atoms with Gasteiger partial charge in [-0.2, -0.15) is 13.2 Å². The third-order valence-electron chi connectivity index (χ3n) is 5.73. The average Bonchev–Trinajstić information content (AvgIpc) is 3.53. The third-order valence-corrected chi connectivity index (χ3v) is 5.73. The van der Waals surface area contributed by atoms with E-state index in [1.54, 1.807) is 19.4 Å². The van der Waals surface area contributed by atoms with Crippen LogP contribution in [0.1, 0.15) is 12.0 Å². The van der Waals surface area contributed by atoms with E-state index in [1.165, 1.54) is 11.2 Å². The normalized spacial score (nSPS) is 16.8. The van der Waals surface area contributed by atoms with Crippen LogP contribution in [0.5, 0.6) is 0 Å². The van der Waals surface area contributed by atoms with Gasteiger partial charge in [0.2, 0.25) is 5.60 Å². The minimum atomic E-state index is -5.08. The molecule has 13 heteroatoms. The topological polar surface area (TPSA) is 156 Å². The number of rotatable bonds is 2. The first-order valence-electron chi connectivity index (χ1n) is 11.3. The molecule has 1 atom stereocenters. The summed E-state index contributed by atoms with van der Waals surface area (Å²) in [7, 11) is 1.65. The number of amides is 1. The fourth-order valence-electron chi connectivity index (χ4n) is 3.73. The van der Waals surface area contributed by atoms with E-state index in [-0.39, 0.29) is 18.1 Å². The number of likely N-dealkylation sites (tertiary alicyclic amines) is 1. The number of furan rings is 1. The van der Waals surface area contributed by atoms with Crippen LogP contribution >= 0.6 is 0 Å². The van der Waals surface area contributed by atoms with Crippen molar-refractivity contribution in [2.24, 2.45) is 0 Å². The summed E-state index contributed by atoms with van der Waals surface area (Å²) in [6.07, 6.45) is -1.81. The van der Waals surface area contributed by atoms with Crippen LogP contribution in [0, 0.1) is 11.8 Å². The van der Waals surface area contributed by atoms with Crippen LogP contribution in [0.15, 0.2) is 59.5 Å². The zero-order chi connectivity index (χ0) is 28.4. The van der Waals surface area contributed by atoms with Gasteiger partial charge in [-0.3, -0.25) is 4.79 Å². The van der Waals surface area contributed by atoms with Crippen LogP contribution in [0.3, 0.4) is 0 Å². The Kier molecular flexibility index (Phi) is 7.24. The van der Waals surface area contributed by atoms with E-state index in [1.807, 2.05) is 36.4 Å². The molecule has 10 nitrogen and oxygen atoms in total. The van der Waals surface area contributed by atoms with Crippen LogP contribution < -0.4 is 5.73 Å². The molecule has 0 unspecified atom stereocenters. The zero-order valence-corrected chi connectivity index (χ0v) is 20.2. The van der Waals surface area contributed by atoms with Gasteiger partial charge in [0.15, 0.2) is 5.82 Å². The number of aliphatic hydroxyl groups is 1. The maximum absolute atomic E-state index is 12.2. The standard InChI is InChI=1S/C24H19N5O3.C2HF3O2/c1-29-10-9-24(31,23(29)30)8-7-15-4-2-5-16(12-15)18-13-17(19-6-3-11-32-19)20-21(28-18)22(25)27-14-26-20;3-2(4,5)1(6)7/h2-6,11-14,31H,9-10H2,1H3,(H2,25,26,27);(H,6,7)/t24-;/m0./s1. The van der Waals surface area contributed by atoms with Crippen LogP contribution in [-0.4, -0.2) is 67.3 Å². The molecule has 4 N–H and O–H groups in total. The number of carbonyl (C=O) groups excluding carboxylic acids is 1. The molecule has 200 valence electrons. The molecule has 3 aromatic heterocycles. The number of aliphatic carboxylic acids is 1. The van der Waals surface area contributed by atoms with Crippen molar-refractivity contribution in [1.29, 1.82) is 0 Å². The lowest BCUT2D eigenvalue weighted by Crippen LogP contribution is -2.37. The lowest BCUT2D eigenvalue weighted by molar-refractivity contribution is -0.192. The number of aromatic nitrogens is 3. The number of halogens is 3. The van der Waals surface area contributed by atoms with E-state index in [2.05, 4.69) is 26.8 Å². The summed E-state index contributed by atoms with van der Waals surface area (Å²) in [5.74, 6) is 3.45. The highest BCUT2D eigenvalue weighted by Crippen LogP contribution is 2.32. The number of nitrogens with two attached hydrogens (primary N) is 1. The fraction of sp³-hybridized carbons (Fsp3) is 0.192. The Hall–Kier alpha value is -4.96. The van der Waals surface area contributed by atoms with E-state index < -0.39 is 17.7 Å². The van der Waals surface area contributed by atoms with Crippen molar-refractivity contribution in [3.05, 3.63) is 60.6 Å². The first-order valence-corrected chi connectivity index (χ1v) is 11.3. The zero-order valence-electron chi connectivity index (χ0n) is 20.2. The third kappa shape index (κ3) is 5.81. The van der Waals surface area contributed by atoms with Gasteiger partial charge in [-0.15, -0.1) is 0 Å². The van der Waals surface area contributed by atoms with Gasteiger partial charge >= 0.3 is 12.1 Å². The monoisotopic (exact) mass is 539 g/mol. The second-order valence-corrected chi connectivity index (χ2v) is 8.46. The van der Waals surface area contributed by atoms with Crippen LogP contribution in [0.25, 0.3) is 33.6 Å². The minimum absolute atomic E-state index is 0.270. The molecule has 0 aliphatic carbocycles. The first-order chi connectivity index (χ1) is 18.4. The smallest absolute Gasteiger partial charge is 0.475 e. The Bertz CT molecular complexity index is 1610. The fourth-order valence-corrected chi connectivity index (χ4v) is 3.73. The largest absolute Gasteiger partial charge is 0.490 e. The van der Waals surface area contributed by atoms with Crippen molar-refractivity contribution in [2.75, 3.05) is 19.3 Å². The number of fused-ring (bicyclic) bond motifs is 1. The second kappa shape index (κ2) is 10.4. The number of benzene rings is 1. The lowest BCUT2D eigenvalue weighted by atomic mass is 10.0. The van der Waals surface area contributed by atoms with E-state index in [0.29, 0.717) is 34.6 Å². The summed E-state index contributed by atoms with van der Waals surface area (Å²) in [6, 6.07) is 12.9. The second-order valence-electron chi connectivity index (χ2n) is 8.46. The minimum Gasteiger partial charge on any atom is -0.475 e. The number of anilines is 1. The summed E-state index contributed by atoms with van der Waals surface area (Å²) in [6.45, 7) is 0.476. The molecule has 0 bridgehead atoms. The molecule has 1 aromatic carbocycles. The average molecular weight is 539 g/mol. The number of carboxylic acids is 1.